The number of carbonyl (C=O) groups excluding carboxylic acids is 1. The second kappa shape index (κ2) is 17.6. The second-order valence-electron chi connectivity index (χ2n) is 11.6. The van der Waals surface area contributed by atoms with E-state index < -0.39 is 41.0 Å². The Kier molecular flexibility index (Phi) is 12.8. The zero-order valence-electron chi connectivity index (χ0n) is 26.9. The first kappa shape index (κ1) is 34.9. The van der Waals surface area contributed by atoms with Crippen LogP contribution in [-0.4, -0.2) is 54.8 Å². The third-order valence-electron chi connectivity index (χ3n) is 8.36. The Morgan fingerprint density at radius 2 is 1.17 bits per heavy atom. The van der Waals surface area contributed by atoms with Crippen molar-refractivity contribution in [3.05, 3.63) is 154 Å². The molecule has 252 valence electrons. The van der Waals surface area contributed by atoms with Gasteiger partial charge < -0.3 is 28.4 Å². The molecule has 0 aliphatic carbocycles. The second-order valence-corrected chi connectivity index (χ2v) is 11.6. The minimum atomic E-state index is -2.06. The summed E-state index contributed by atoms with van der Waals surface area (Å²) in [6, 6.07) is 37.9. The lowest BCUT2D eigenvalue weighted by atomic mass is 9.79. The van der Waals surface area contributed by atoms with Crippen molar-refractivity contribution in [1.82, 2.24) is 0 Å². The van der Waals surface area contributed by atoms with Gasteiger partial charge in [0.2, 0.25) is 6.29 Å². The smallest absolute Gasteiger partial charge is 0.305 e. The molecule has 1 aliphatic rings. The number of benzene rings is 4. The summed E-state index contributed by atoms with van der Waals surface area (Å²) in [6.45, 7) is 0.538. The third kappa shape index (κ3) is 9.12. The molecule has 1 fully saturated rings. The monoisotopic (exact) mass is 655 g/mol. The van der Waals surface area contributed by atoms with E-state index in [2.05, 4.69) is 0 Å². The van der Waals surface area contributed by atoms with Gasteiger partial charge in [0.1, 0.15) is 12.2 Å². The van der Waals surface area contributed by atoms with Crippen LogP contribution in [0.2, 0.25) is 0 Å². The Labute approximate surface area is 280 Å². The van der Waals surface area contributed by atoms with Crippen LogP contribution < -0.4 is 0 Å². The van der Waals surface area contributed by atoms with Gasteiger partial charge in [-0.15, -0.1) is 0 Å². The number of ether oxygens (including phenoxy) is 6. The van der Waals surface area contributed by atoms with E-state index in [4.69, 9.17) is 28.4 Å². The van der Waals surface area contributed by atoms with E-state index in [1.165, 1.54) is 7.11 Å². The molecule has 1 saturated heterocycles. The first-order valence-corrected chi connectivity index (χ1v) is 15.9. The van der Waals surface area contributed by atoms with Gasteiger partial charge in [-0.05, 0) is 22.3 Å². The van der Waals surface area contributed by atoms with Crippen LogP contribution in [0.5, 0.6) is 0 Å². The number of nitrogens with zero attached hydrogens (tertiary/aromatic N) is 1. The molecule has 0 saturated carbocycles. The summed E-state index contributed by atoms with van der Waals surface area (Å²) in [5.74, 6) is -0.602. The van der Waals surface area contributed by atoms with Gasteiger partial charge in [0, 0.05) is 11.3 Å². The van der Waals surface area contributed by atoms with E-state index in [9.17, 15) is 14.9 Å². The fraction of sp³-hybridized carbons (Fsp3) is 0.342. The highest BCUT2D eigenvalue weighted by molar-refractivity contribution is 5.69. The Hall–Kier alpha value is -4.45. The van der Waals surface area contributed by atoms with Crippen molar-refractivity contribution in [2.75, 3.05) is 13.7 Å². The van der Waals surface area contributed by atoms with Crippen molar-refractivity contribution in [1.29, 1.82) is 0 Å². The fourth-order valence-electron chi connectivity index (χ4n) is 5.81. The van der Waals surface area contributed by atoms with Gasteiger partial charge >= 0.3 is 11.5 Å². The number of hydrogen-bond acceptors (Lipinski definition) is 9. The van der Waals surface area contributed by atoms with E-state index in [1.54, 1.807) is 0 Å². The van der Waals surface area contributed by atoms with E-state index in [0.717, 1.165) is 22.3 Å². The van der Waals surface area contributed by atoms with E-state index in [1.807, 2.05) is 121 Å². The summed E-state index contributed by atoms with van der Waals surface area (Å²) in [7, 11) is 1.25. The Morgan fingerprint density at radius 1 is 0.708 bits per heavy atom. The highest BCUT2D eigenvalue weighted by atomic mass is 16.7. The summed E-state index contributed by atoms with van der Waals surface area (Å²) in [5, 5.41) is 13.5. The minimum Gasteiger partial charge on any atom is -0.469 e. The molecule has 0 radical (unpaired) electrons. The van der Waals surface area contributed by atoms with Crippen LogP contribution in [0.25, 0.3) is 0 Å². The molecular formula is C38H41NO9. The van der Waals surface area contributed by atoms with E-state index in [-0.39, 0.29) is 39.3 Å². The molecule has 1 heterocycles. The zero-order valence-corrected chi connectivity index (χ0v) is 26.9. The molecule has 4 aromatic carbocycles. The molecule has 10 nitrogen and oxygen atoms in total. The number of rotatable bonds is 17. The third-order valence-corrected chi connectivity index (χ3v) is 8.36. The summed E-state index contributed by atoms with van der Waals surface area (Å²) >= 11 is 0. The lowest BCUT2D eigenvalue weighted by Crippen LogP contribution is -2.71. The van der Waals surface area contributed by atoms with Crippen molar-refractivity contribution in [2.45, 2.75) is 69.4 Å². The number of carbonyl (C=O) groups is 1. The van der Waals surface area contributed by atoms with Gasteiger partial charge in [-0.1, -0.05) is 121 Å². The summed E-state index contributed by atoms with van der Waals surface area (Å²) in [5.41, 5.74) is 1.38. The topological polar surface area (TPSA) is 116 Å². The molecule has 48 heavy (non-hydrogen) atoms. The summed E-state index contributed by atoms with van der Waals surface area (Å²) in [4.78, 5) is 25.5. The molecule has 5 atom stereocenters. The highest BCUT2D eigenvalue weighted by Crippen LogP contribution is 2.41. The molecule has 0 N–H and O–H groups in total. The predicted molar refractivity (Wildman–Crippen MR) is 177 cm³/mol. The molecule has 10 heteroatoms. The molecule has 0 unspecified atom stereocenters. The van der Waals surface area contributed by atoms with Gasteiger partial charge in [0.15, 0.2) is 6.10 Å². The largest absolute Gasteiger partial charge is 0.469 e. The van der Waals surface area contributed by atoms with E-state index in [0.29, 0.717) is 6.61 Å². The molecule has 1 aliphatic heterocycles. The minimum absolute atomic E-state index is 0.0257. The average Bonchev–Trinajstić information content (AvgIpc) is 3.13. The molecule has 5 rings (SSSR count). The Balaban J connectivity index is 1.54. The number of hydrogen-bond donors (Lipinski definition) is 0. The van der Waals surface area contributed by atoms with Gasteiger partial charge in [0.25, 0.3) is 0 Å². The SMILES string of the molecule is COC(=O)CC[C@]1([N+](=O)[O-])[C@@H](OCc2ccccc2)O[C@H](COCc2ccccc2)[C@H](OCc2ccccc2)[C@@H]1OCc1ccccc1. The summed E-state index contributed by atoms with van der Waals surface area (Å²) < 4.78 is 37.0. The molecule has 0 amide bonds. The molecule has 4 aromatic rings. The Morgan fingerprint density at radius 3 is 1.65 bits per heavy atom. The maximum absolute atomic E-state index is 13.5. The number of methoxy groups -OCH3 is 1. The van der Waals surface area contributed by atoms with Crippen molar-refractivity contribution in [2.24, 2.45) is 0 Å². The molecule has 0 spiro atoms. The quantitative estimate of drug-likeness (QED) is 0.0736. The lowest BCUT2D eigenvalue weighted by Gasteiger charge is -2.48. The van der Waals surface area contributed by atoms with Crippen LogP contribution in [0, 0.1) is 10.1 Å². The number of nitro groups is 1. The highest BCUT2D eigenvalue weighted by Gasteiger charge is 2.67. The van der Waals surface area contributed by atoms with E-state index >= 15 is 0 Å². The van der Waals surface area contributed by atoms with Gasteiger partial charge in [-0.25, -0.2) is 0 Å². The standard InChI is InChI=1S/C38H41NO9/c1-43-34(40)22-23-38(39(41)42)36(46-26-31-18-10-4-11-19-31)35(45-25-30-16-8-3-9-17-30)33(28-44-24-29-14-6-2-7-15-29)48-37(38)47-27-32-20-12-5-13-21-32/h2-21,33,35-37H,22-28H2,1H3/t33-,35+,36+,37+,38-/m1/s1. The van der Waals surface area contributed by atoms with Crippen LogP contribution in [-0.2, 0) is 59.6 Å². The molecule has 0 aromatic heterocycles. The maximum atomic E-state index is 13.5. The van der Waals surface area contributed by atoms with Crippen molar-refractivity contribution in [3.63, 3.8) is 0 Å². The van der Waals surface area contributed by atoms with Crippen LogP contribution in [0.3, 0.4) is 0 Å². The van der Waals surface area contributed by atoms with Crippen LogP contribution in [0.1, 0.15) is 35.1 Å². The predicted octanol–water partition coefficient (Wildman–Crippen LogP) is 6.28. The first-order chi connectivity index (χ1) is 23.5. The van der Waals surface area contributed by atoms with Crippen molar-refractivity contribution >= 4 is 5.97 Å². The molecule has 0 bridgehead atoms. The average molecular weight is 656 g/mol. The zero-order chi connectivity index (χ0) is 33.6. The van der Waals surface area contributed by atoms with Crippen LogP contribution in [0.15, 0.2) is 121 Å². The van der Waals surface area contributed by atoms with Crippen molar-refractivity contribution in [3.8, 4) is 0 Å². The van der Waals surface area contributed by atoms with Crippen LogP contribution >= 0.6 is 0 Å². The van der Waals surface area contributed by atoms with Crippen molar-refractivity contribution < 1.29 is 38.1 Å². The maximum Gasteiger partial charge on any atom is 0.305 e. The van der Waals surface area contributed by atoms with Gasteiger partial charge in [-0.3, -0.25) is 14.9 Å². The summed E-state index contributed by atoms with van der Waals surface area (Å²) in [6.07, 6.45) is -5.01. The van der Waals surface area contributed by atoms with Crippen LogP contribution in [0.4, 0.5) is 0 Å². The number of esters is 1. The molecular weight excluding hydrogens is 614 g/mol. The Bertz CT molecular complexity index is 1540. The fourth-order valence-corrected chi connectivity index (χ4v) is 5.81. The normalized spacial score (nSPS) is 22.2. The van der Waals surface area contributed by atoms with Gasteiger partial charge in [-0.2, -0.15) is 0 Å². The lowest BCUT2D eigenvalue weighted by molar-refractivity contribution is -0.627. The first-order valence-electron chi connectivity index (χ1n) is 15.9. The van der Waals surface area contributed by atoms with Gasteiger partial charge in [0.05, 0.1) is 46.6 Å².